The van der Waals surface area contributed by atoms with Gasteiger partial charge in [-0.25, -0.2) is 9.59 Å². The standard InChI is InChI=1S/C22H41NO5.C4H4O4/c1-7-22(23(2)3,17-11-9-8-10-12-17)15-28-21(24)16-13-18(25-4)20(27-6)19(14-16)26-5;5-3(6)1-2-4(7)8/h16-20H,7-15H2,1-6H3;1-2H,(H,5,6)(H,7,8)/b;2-1+. The molecule has 2 saturated carbocycles. The number of nitrogens with zero attached hydrogens (tertiary/aromatic N) is 1. The van der Waals surface area contributed by atoms with Crippen LogP contribution in [0.25, 0.3) is 0 Å². The van der Waals surface area contributed by atoms with Gasteiger partial charge in [-0.2, -0.15) is 0 Å². The first-order valence-corrected chi connectivity index (χ1v) is 12.6. The number of methoxy groups -OCH3 is 3. The van der Waals surface area contributed by atoms with Crippen LogP contribution in [0.5, 0.6) is 0 Å². The van der Waals surface area contributed by atoms with Crippen LogP contribution in [-0.2, 0) is 33.3 Å². The molecule has 208 valence electrons. The molecule has 10 heteroatoms. The lowest BCUT2D eigenvalue weighted by Gasteiger charge is -2.47. The zero-order valence-corrected chi connectivity index (χ0v) is 22.6. The number of esters is 1. The molecular weight excluding hydrogens is 470 g/mol. The van der Waals surface area contributed by atoms with E-state index < -0.39 is 11.9 Å². The lowest BCUT2D eigenvalue weighted by Crippen LogP contribution is -2.55. The Labute approximate surface area is 214 Å². The first-order chi connectivity index (χ1) is 17.1. The number of ether oxygens (including phenoxy) is 4. The predicted octanol–water partition coefficient (Wildman–Crippen LogP) is 2.99. The zero-order chi connectivity index (χ0) is 27.3. The van der Waals surface area contributed by atoms with Crippen molar-refractivity contribution < 1.29 is 43.5 Å². The molecule has 0 aromatic heterocycles. The minimum atomic E-state index is -1.26. The Morgan fingerprint density at radius 1 is 0.889 bits per heavy atom. The van der Waals surface area contributed by atoms with Crippen LogP contribution in [0.1, 0.15) is 58.3 Å². The van der Waals surface area contributed by atoms with Gasteiger partial charge in [0.2, 0.25) is 0 Å². The van der Waals surface area contributed by atoms with Crippen LogP contribution >= 0.6 is 0 Å². The Morgan fingerprint density at radius 3 is 1.75 bits per heavy atom. The summed E-state index contributed by atoms with van der Waals surface area (Å²) in [7, 11) is 9.23. The van der Waals surface area contributed by atoms with Gasteiger partial charge in [0.25, 0.3) is 0 Å². The monoisotopic (exact) mass is 515 g/mol. The average molecular weight is 516 g/mol. The van der Waals surface area contributed by atoms with E-state index in [2.05, 4.69) is 25.9 Å². The Morgan fingerprint density at radius 2 is 1.39 bits per heavy atom. The third-order valence-corrected chi connectivity index (χ3v) is 7.68. The molecule has 2 fully saturated rings. The van der Waals surface area contributed by atoms with Crippen LogP contribution in [0.3, 0.4) is 0 Å². The van der Waals surface area contributed by atoms with E-state index in [-0.39, 0.29) is 35.7 Å². The summed E-state index contributed by atoms with van der Waals surface area (Å²) in [5, 5.41) is 15.6. The van der Waals surface area contributed by atoms with Crippen LogP contribution in [0.15, 0.2) is 12.2 Å². The number of likely N-dealkylation sites (N-methyl/N-ethyl adjacent to an activating group) is 1. The molecule has 2 rings (SSSR count). The largest absolute Gasteiger partial charge is 0.478 e. The first-order valence-electron chi connectivity index (χ1n) is 12.6. The van der Waals surface area contributed by atoms with Crippen molar-refractivity contribution in [2.75, 3.05) is 42.0 Å². The average Bonchev–Trinajstić information content (AvgIpc) is 2.87. The van der Waals surface area contributed by atoms with Crippen LogP contribution < -0.4 is 0 Å². The van der Waals surface area contributed by atoms with E-state index in [1.54, 1.807) is 21.3 Å². The topological polar surface area (TPSA) is 132 Å². The summed E-state index contributed by atoms with van der Waals surface area (Å²) in [5.41, 5.74) is -0.0822. The van der Waals surface area contributed by atoms with E-state index in [0.717, 1.165) is 6.42 Å². The first kappa shape index (κ1) is 32.0. The molecule has 0 bridgehead atoms. The maximum absolute atomic E-state index is 13.0. The number of carbonyl (C=O) groups is 3. The summed E-state index contributed by atoms with van der Waals surface area (Å²) >= 11 is 0. The Bertz CT molecular complexity index is 690. The summed E-state index contributed by atoms with van der Waals surface area (Å²) in [4.78, 5) is 34.4. The summed E-state index contributed by atoms with van der Waals surface area (Å²) in [6, 6.07) is 0. The quantitative estimate of drug-likeness (QED) is 0.313. The number of hydrogen-bond acceptors (Lipinski definition) is 8. The van der Waals surface area contributed by atoms with E-state index >= 15 is 0 Å². The molecule has 3 atom stereocenters. The van der Waals surface area contributed by atoms with Gasteiger partial charge >= 0.3 is 17.9 Å². The van der Waals surface area contributed by atoms with Crippen molar-refractivity contribution in [2.24, 2.45) is 11.8 Å². The van der Waals surface area contributed by atoms with Gasteiger partial charge in [0.1, 0.15) is 12.7 Å². The smallest absolute Gasteiger partial charge is 0.328 e. The molecule has 0 spiro atoms. The van der Waals surface area contributed by atoms with Gasteiger partial charge in [-0.3, -0.25) is 4.79 Å². The van der Waals surface area contributed by atoms with Crippen molar-refractivity contribution in [3.05, 3.63) is 12.2 Å². The van der Waals surface area contributed by atoms with Gasteiger partial charge in [-0.15, -0.1) is 0 Å². The fourth-order valence-electron chi connectivity index (χ4n) is 5.54. The molecule has 10 nitrogen and oxygen atoms in total. The minimum Gasteiger partial charge on any atom is -0.478 e. The van der Waals surface area contributed by atoms with Crippen LogP contribution in [0, 0.1) is 11.8 Å². The zero-order valence-electron chi connectivity index (χ0n) is 22.6. The molecule has 3 unspecified atom stereocenters. The van der Waals surface area contributed by atoms with Crippen molar-refractivity contribution in [3.8, 4) is 0 Å². The second kappa shape index (κ2) is 16.0. The summed E-state index contributed by atoms with van der Waals surface area (Å²) in [6.45, 7) is 2.67. The molecular formula is C26H45NO9. The number of hydrogen-bond donors (Lipinski definition) is 2. The van der Waals surface area contributed by atoms with Gasteiger partial charge in [-0.05, 0) is 52.1 Å². The Kier molecular flexibility index (Phi) is 14.2. The lowest BCUT2D eigenvalue weighted by molar-refractivity contribution is -0.172. The molecule has 36 heavy (non-hydrogen) atoms. The molecule has 0 saturated heterocycles. The van der Waals surface area contributed by atoms with Gasteiger partial charge in [0.15, 0.2) is 0 Å². The van der Waals surface area contributed by atoms with Gasteiger partial charge < -0.3 is 34.1 Å². The number of aliphatic carboxylic acids is 2. The van der Waals surface area contributed by atoms with E-state index in [9.17, 15) is 14.4 Å². The highest BCUT2D eigenvalue weighted by atomic mass is 16.6. The third kappa shape index (κ3) is 9.14. The maximum Gasteiger partial charge on any atom is 0.328 e. The second-order valence-electron chi connectivity index (χ2n) is 9.72. The van der Waals surface area contributed by atoms with E-state index in [1.165, 1.54) is 32.1 Å². The normalized spacial score (nSPS) is 26.6. The van der Waals surface area contributed by atoms with Crippen molar-refractivity contribution in [1.29, 1.82) is 0 Å². The number of carboxylic acids is 2. The molecule has 2 aliphatic carbocycles. The predicted molar refractivity (Wildman–Crippen MR) is 134 cm³/mol. The van der Waals surface area contributed by atoms with Crippen molar-refractivity contribution in [1.82, 2.24) is 4.90 Å². The van der Waals surface area contributed by atoms with E-state index in [4.69, 9.17) is 29.2 Å². The molecule has 2 aliphatic rings. The third-order valence-electron chi connectivity index (χ3n) is 7.68. The van der Waals surface area contributed by atoms with Crippen LogP contribution in [0.4, 0.5) is 0 Å². The van der Waals surface area contributed by atoms with Crippen molar-refractivity contribution in [3.63, 3.8) is 0 Å². The molecule has 0 aromatic rings. The van der Waals surface area contributed by atoms with Gasteiger partial charge in [0, 0.05) is 33.5 Å². The minimum absolute atomic E-state index is 0.0822. The second-order valence-corrected chi connectivity index (χ2v) is 9.72. The molecule has 2 N–H and O–H groups in total. The van der Waals surface area contributed by atoms with Crippen LogP contribution in [0.2, 0.25) is 0 Å². The van der Waals surface area contributed by atoms with E-state index in [0.29, 0.717) is 37.5 Å². The number of carboxylic acid groups (broad SMARTS) is 2. The Balaban J connectivity index is 0.000000697. The number of carbonyl (C=O) groups excluding carboxylic acids is 1. The lowest BCUT2D eigenvalue weighted by atomic mass is 9.72. The Hall–Kier alpha value is -2.01. The van der Waals surface area contributed by atoms with Gasteiger partial charge in [0.05, 0.1) is 23.7 Å². The highest BCUT2D eigenvalue weighted by molar-refractivity contribution is 5.89. The van der Waals surface area contributed by atoms with Crippen LogP contribution in [-0.4, -0.2) is 98.9 Å². The van der Waals surface area contributed by atoms with Crippen molar-refractivity contribution in [2.45, 2.75) is 82.1 Å². The SMILES string of the molecule is CCC(COC(=O)C1CC(OC)C(OC)C(OC)C1)(C1CCCCC1)N(C)C.O=C(O)/C=C/C(=O)O. The molecule has 0 heterocycles. The molecule has 0 radical (unpaired) electrons. The van der Waals surface area contributed by atoms with Gasteiger partial charge in [-0.1, -0.05) is 26.2 Å². The summed E-state index contributed by atoms with van der Waals surface area (Å²) in [6.07, 6.45) is 9.16. The number of rotatable bonds is 11. The molecule has 0 aliphatic heterocycles. The van der Waals surface area contributed by atoms with E-state index in [1.807, 2.05) is 0 Å². The highest BCUT2D eigenvalue weighted by Crippen LogP contribution is 2.39. The molecule has 0 amide bonds. The van der Waals surface area contributed by atoms with Crippen molar-refractivity contribution >= 4 is 17.9 Å². The maximum atomic E-state index is 13.0. The fourth-order valence-corrected chi connectivity index (χ4v) is 5.54. The summed E-state index contributed by atoms with van der Waals surface area (Å²) in [5.74, 6) is -2.28. The highest BCUT2D eigenvalue weighted by Gasteiger charge is 2.44. The summed E-state index contributed by atoms with van der Waals surface area (Å²) < 4.78 is 22.7. The molecule has 0 aromatic carbocycles. The fraction of sp³-hybridized carbons (Fsp3) is 0.808.